The third-order valence-corrected chi connectivity index (χ3v) is 8.53. The lowest BCUT2D eigenvalue weighted by atomic mass is 10.1. The molecule has 1 atom stereocenters. The van der Waals surface area contributed by atoms with E-state index < -0.39 is 75.2 Å². The summed E-state index contributed by atoms with van der Waals surface area (Å²) in [5, 5.41) is 1.80. The van der Waals surface area contributed by atoms with Crippen LogP contribution >= 0.6 is 0 Å². The molecule has 15 heteroatoms. The lowest BCUT2D eigenvalue weighted by Crippen LogP contribution is -2.43. The van der Waals surface area contributed by atoms with Gasteiger partial charge in [-0.25, -0.2) is 13.1 Å². The number of aromatic nitrogens is 2. The van der Waals surface area contributed by atoms with Crippen LogP contribution in [0.1, 0.15) is 31.4 Å². The Labute approximate surface area is 193 Å². The molecule has 0 spiro atoms. The average Bonchev–Trinajstić information content (AvgIpc) is 3.20. The first-order valence-corrected chi connectivity index (χ1v) is 11.8. The lowest BCUT2D eigenvalue weighted by molar-refractivity contribution is -0.197. The Morgan fingerprint density at radius 1 is 1.09 bits per heavy atom. The molecule has 4 rings (SSSR count). The van der Waals surface area contributed by atoms with E-state index in [2.05, 4.69) is 5.10 Å². The van der Waals surface area contributed by atoms with Crippen LogP contribution < -0.4 is 0 Å². The van der Waals surface area contributed by atoms with E-state index in [-0.39, 0.29) is 28.8 Å². The largest absolute Gasteiger partial charge is 0.417 e. The van der Waals surface area contributed by atoms with Crippen molar-refractivity contribution in [1.29, 1.82) is 0 Å². The number of halogens is 8. The maximum atomic E-state index is 13.8. The summed E-state index contributed by atoms with van der Waals surface area (Å²) in [4.78, 5) is 12.1. The van der Waals surface area contributed by atoms with Crippen molar-refractivity contribution in [3.63, 3.8) is 0 Å². The molecule has 0 N–H and O–H groups in total. The number of hydrogen-bond donors (Lipinski definition) is 0. The Bertz CT molecular complexity index is 1250. The van der Waals surface area contributed by atoms with Gasteiger partial charge in [-0.2, -0.15) is 40.2 Å². The summed E-state index contributed by atoms with van der Waals surface area (Å²) >= 11 is 0. The van der Waals surface area contributed by atoms with Crippen LogP contribution in [0.15, 0.2) is 35.5 Å². The van der Waals surface area contributed by atoms with Crippen LogP contribution in [0, 0.1) is 5.41 Å². The van der Waals surface area contributed by atoms with E-state index in [4.69, 9.17) is 0 Å². The normalized spacial score (nSPS) is 20.5. The van der Waals surface area contributed by atoms with Crippen molar-refractivity contribution >= 4 is 15.7 Å². The maximum absolute atomic E-state index is 13.8. The first-order valence-electron chi connectivity index (χ1n) is 10.2. The van der Waals surface area contributed by atoms with Crippen LogP contribution in [0.3, 0.4) is 0 Å². The van der Waals surface area contributed by atoms with Gasteiger partial charge in [0.05, 0.1) is 21.9 Å². The Morgan fingerprint density at radius 2 is 1.74 bits per heavy atom. The molecule has 6 nitrogen and oxygen atoms in total. The number of hydrogen-bond acceptors (Lipinski definition) is 4. The average molecular weight is 531 g/mol. The Kier molecular flexibility index (Phi) is 5.92. The summed E-state index contributed by atoms with van der Waals surface area (Å²) in [7, 11) is -4.72. The second-order valence-electron chi connectivity index (χ2n) is 8.48. The number of rotatable bonds is 5. The van der Waals surface area contributed by atoms with Crippen LogP contribution in [0.4, 0.5) is 35.1 Å². The van der Waals surface area contributed by atoms with Crippen molar-refractivity contribution in [2.24, 2.45) is 5.41 Å². The van der Waals surface area contributed by atoms with E-state index >= 15 is 0 Å². The fourth-order valence-electron chi connectivity index (χ4n) is 4.16. The zero-order valence-electron chi connectivity index (χ0n) is 17.6. The predicted molar refractivity (Wildman–Crippen MR) is 104 cm³/mol. The third kappa shape index (κ3) is 4.38. The number of carbonyl (C=O) groups is 1. The van der Waals surface area contributed by atoms with Gasteiger partial charge in [0, 0.05) is 24.8 Å². The first-order chi connectivity index (χ1) is 16.1. The molecular formula is C20H17F8N3O3S. The summed E-state index contributed by atoms with van der Waals surface area (Å²) in [5.74, 6) is -1.27. The minimum Gasteiger partial charge on any atom is -0.341 e. The van der Waals surface area contributed by atoms with Gasteiger partial charge in [0.2, 0.25) is 5.91 Å². The second-order valence-corrected chi connectivity index (χ2v) is 10.7. The maximum Gasteiger partial charge on any atom is 0.417 e. The fourth-order valence-corrected chi connectivity index (χ4v) is 6.05. The van der Waals surface area contributed by atoms with Gasteiger partial charge in [-0.1, -0.05) is 6.07 Å². The highest BCUT2D eigenvalue weighted by molar-refractivity contribution is 7.92. The van der Waals surface area contributed by atoms with E-state index in [1.54, 1.807) is 0 Å². The fraction of sp³-hybridized carbons (Fsp3) is 0.500. The monoisotopic (exact) mass is 531 g/mol. The predicted octanol–water partition coefficient (Wildman–Crippen LogP) is 4.68. The number of sulfone groups is 1. The van der Waals surface area contributed by atoms with Crippen LogP contribution in [-0.4, -0.2) is 53.5 Å². The van der Waals surface area contributed by atoms with Crippen molar-refractivity contribution in [1.82, 2.24) is 14.7 Å². The first kappa shape index (κ1) is 25.4. The number of likely N-dealkylation sites (tertiary alicyclic amines) is 1. The van der Waals surface area contributed by atoms with Gasteiger partial charge in [0.25, 0.3) is 0 Å². The molecule has 1 saturated heterocycles. The molecule has 1 aromatic carbocycles. The van der Waals surface area contributed by atoms with Gasteiger partial charge in [0.15, 0.2) is 9.84 Å². The van der Waals surface area contributed by atoms with Gasteiger partial charge in [-0.3, -0.25) is 4.79 Å². The highest BCUT2D eigenvalue weighted by atomic mass is 32.2. The molecule has 1 amide bonds. The molecule has 35 heavy (non-hydrogen) atoms. The molecule has 2 fully saturated rings. The number of benzene rings is 1. The number of alkyl halides is 8. The Hall–Kier alpha value is -2.71. The van der Waals surface area contributed by atoms with Crippen molar-refractivity contribution in [2.45, 2.75) is 48.3 Å². The van der Waals surface area contributed by atoms with Gasteiger partial charge in [-0.15, -0.1) is 0 Å². The van der Waals surface area contributed by atoms with Crippen LogP contribution in [0.2, 0.25) is 0 Å². The van der Waals surface area contributed by atoms with Crippen molar-refractivity contribution in [2.75, 3.05) is 13.1 Å². The van der Waals surface area contributed by atoms with Gasteiger partial charge < -0.3 is 4.90 Å². The molecular weight excluding hydrogens is 514 g/mol. The summed E-state index contributed by atoms with van der Waals surface area (Å²) < 4.78 is 133. The van der Waals surface area contributed by atoms with Gasteiger partial charge in [0.1, 0.15) is 5.41 Å². The zero-order chi connectivity index (χ0) is 26.0. The smallest absolute Gasteiger partial charge is 0.341 e. The van der Waals surface area contributed by atoms with Crippen LogP contribution in [0.25, 0.3) is 11.1 Å². The van der Waals surface area contributed by atoms with Gasteiger partial charge in [-0.05, 0) is 37.0 Å². The number of nitrogens with zero attached hydrogens (tertiary/aromatic N) is 3. The highest BCUT2D eigenvalue weighted by Crippen LogP contribution is 2.59. The second kappa shape index (κ2) is 8.17. The highest BCUT2D eigenvalue weighted by Gasteiger charge is 2.69. The summed E-state index contributed by atoms with van der Waals surface area (Å²) in [6, 6.07) is 2.16. The number of carbonyl (C=O) groups excluding carboxylic acids is 1. The lowest BCUT2D eigenvalue weighted by Gasteiger charge is -2.25. The molecule has 1 unspecified atom stereocenters. The standard InChI is InChI=1S/C20H17F8N3O3S/c21-17(22)31-9-12(8-29-31)11-1-2-15(14(7-11)19(23,24)25)35(33,34)13-3-6-30(10-13)16(32)18(4-5-18)20(26,27)28/h1-2,7-9,13,17H,3-6,10H2. The summed E-state index contributed by atoms with van der Waals surface area (Å²) in [6.45, 7) is -4.04. The molecule has 1 saturated carbocycles. The Balaban J connectivity index is 1.64. The SMILES string of the molecule is O=C(N1CCC(S(=O)(=O)c2ccc(-c3cnn(C(F)F)c3)cc2C(F)(F)F)C1)C1(C(F)(F)F)CC1. The van der Waals surface area contributed by atoms with E-state index in [0.29, 0.717) is 12.1 Å². The molecule has 0 bridgehead atoms. The van der Waals surface area contributed by atoms with Crippen molar-refractivity contribution in [3.05, 3.63) is 36.2 Å². The van der Waals surface area contributed by atoms with E-state index in [1.165, 1.54) is 0 Å². The summed E-state index contributed by atoms with van der Waals surface area (Å²) in [6.07, 6.45) is -9.45. The molecule has 1 aliphatic carbocycles. The molecule has 1 aromatic heterocycles. The Morgan fingerprint density at radius 3 is 2.26 bits per heavy atom. The van der Waals surface area contributed by atoms with E-state index in [9.17, 15) is 48.3 Å². The minimum absolute atomic E-state index is 0.112. The third-order valence-electron chi connectivity index (χ3n) is 6.30. The minimum atomic E-state index is -5.15. The van der Waals surface area contributed by atoms with Crippen molar-refractivity contribution < 1.29 is 48.3 Å². The molecule has 192 valence electrons. The molecule has 2 aliphatic rings. The molecule has 2 aromatic rings. The molecule has 1 aliphatic heterocycles. The van der Waals surface area contributed by atoms with Crippen LogP contribution in [-0.2, 0) is 20.8 Å². The topological polar surface area (TPSA) is 72.3 Å². The summed E-state index contributed by atoms with van der Waals surface area (Å²) in [5.41, 5.74) is -4.45. The molecule has 2 heterocycles. The van der Waals surface area contributed by atoms with E-state index in [0.717, 1.165) is 23.4 Å². The van der Waals surface area contributed by atoms with Gasteiger partial charge >= 0.3 is 18.9 Å². The van der Waals surface area contributed by atoms with E-state index in [1.807, 2.05) is 0 Å². The quantitative estimate of drug-likeness (QED) is 0.526. The molecule has 0 radical (unpaired) electrons. The van der Waals surface area contributed by atoms with Crippen LogP contribution in [0.5, 0.6) is 0 Å². The van der Waals surface area contributed by atoms with Crippen molar-refractivity contribution in [3.8, 4) is 11.1 Å². The zero-order valence-corrected chi connectivity index (χ0v) is 18.4. The number of amides is 1.